The number of rotatable bonds is 10. The number of aromatic nitrogens is 1. The lowest BCUT2D eigenvalue weighted by atomic mass is 9.90. The summed E-state index contributed by atoms with van der Waals surface area (Å²) in [6.07, 6.45) is 0. The van der Waals surface area contributed by atoms with Crippen LogP contribution in [0.3, 0.4) is 0 Å². The third-order valence-corrected chi connectivity index (χ3v) is 6.28. The van der Waals surface area contributed by atoms with E-state index < -0.39 is 10.9 Å². The molecule has 3 aromatic carbocycles. The van der Waals surface area contributed by atoms with E-state index in [-0.39, 0.29) is 29.3 Å². The first-order valence-corrected chi connectivity index (χ1v) is 12.1. The van der Waals surface area contributed by atoms with Gasteiger partial charge in [0.25, 0.3) is 5.69 Å². The topological polar surface area (TPSA) is 128 Å². The summed E-state index contributed by atoms with van der Waals surface area (Å²) < 4.78 is 33.5. The SMILES string of the molecule is CCOC(=O)c1c(-c2ccc([N+](=O)[O-])cc2)nc2cc(OC)c(OC)c(OC)c2c1-c1ccc(OC)c(OC)c1. The van der Waals surface area contributed by atoms with Crippen LogP contribution in [0.15, 0.2) is 48.5 Å². The minimum absolute atomic E-state index is 0.101. The first-order chi connectivity index (χ1) is 19.3. The Labute approximate surface area is 230 Å². The molecule has 11 heteroatoms. The van der Waals surface area contributed by atoms with E-state index in [9.17, 15) is 14.9 Å². The number of esters is 1. The summed E-state index contributed by atoms with van der Waals surface area (Å²) in [5, 5.41) is 11.8. The number of carbonyl (C=O) groups is 1. The van der Waals surface area contributed by atoms with E-state index in [4.69, 9.17) is 33.4 Å². The fourth-order valence-electron chi connectivity index (χ4n) is 4.53. The number of pyridine rings is 1. The fourth-order valence-corrected chi connectivity index (χ4v) is 4.53. The highest BCUT2D eigenvalue weighted by atomic mass is 16.6. The van der Waals surface area contributed by atoms with E-state index in [1.807, 2.05) is 0 Å². The predicted octanol–water partition coefficient (Wildman–Crippen LogP) is 5.70. The fraction of sp³-hybridized carbons (Fsp3) is 0.241. The second-order valence-electron chi connectivity index (χ2n) is 8.34. The maximum absolute atomic E-state index is 13.7. The van der Waals surface area contributed by atoms with Gasteiger partial charge in [0.15, 0.2) is 23.0 Å². The van der Waals surface area contributed by atoms with Gasteiger partial charge in [0.1, 0.15) is 0 Å². The molecule has 4 rings (SSSR count). The Morgan fingerprint density at radius 3 is 1.98 bits per heavy atom. The largest absolute Gasteiger partial charge is 0.493 e. The molecule has 0 aliphatic heterocycles. The molecule has 0 radical (unpaired) electrons. The summed E-state index contributed by atoms with van der Waals surface area (Å²) >= 11 is 0. The molecule has 0 saturated heterocycles. The number of fused-ring (bicyclic) bond motifs is 1. The molecule has 40 heavy (non-hydrogen) atoms. The van der Waals surface area contributed by atoms with Crippen molar-refractivity contribution in [3.8, 4) is 51.1 Å². The molecule has 0 N–H and O–H groups in total. The summed E-state index contributed by atoms with van der Waals surface area (Å²) in [6.45, 7) is 1.80. The second kappa shape index (κ2) is 11.8. The first-order valence-electron chi connectivity index (χ1n) is 12.1. The van der Waals surface area contributed by atoms with Gasteiger partial charge in [-0.1, -0.05) is 6.07 Å². The molecule has 0 unspecified atom stereocenters. The van der Waals surface area contributed by atoms with Crippen LogP contribution in [0, 0.1) is 10.1 Å². The summed E-state index contributed by atoms with van der Waals surface area (Å²) in [6, 6.07) is 12.7. The number of ether oxygens (including phenoxy) is 6. The van der Waals surface area contributed by atoms with Crippen LogP contribution in [0.5, 0.6) is 28.7 Å². The van der Waals surface area contributed by atoms with Gasteiger partial charge in [0.2, 0.25) is 5.75 Å². The van der Waals surface area contributed by atoms with Crippen molar-refractivity contribution in [2.24, 2.45) is 0 Å². The van der Waals surface area contributed by atoms with Crippen molar-refractivity contribution in [3.05, 3.63) is 64.2 Å². The van der Waals surface area contributed by atoms with Gasteiger partial charge in [0, 0.05) is 29.3 Å². The molecule has 11 nitrogen and oxygen atoms in total. The van der Waals surface area contributed by atoms with Crippen LogP contribution in [-0.4, -0.2) is 58.0 Å². The molecule has 4 aromatic rings. The standard InChI is InChI=1S/C29H28N2O9/c1-7-40-29(32)25-23(17-10-13-20(35-2)21(14-17)36-3)24-19(15-22(37-4)27(38-5)28(24)39-6)30-26(25)16-8-11-18(12-9-16)31(33)34/h8-15H,7H2,1-6H3. The van der Waals surface area contributed by atoms with Gasteiger partial charge >= 0.3 is 5.97 Å². The van der Waals surface area contributed by atoms with Crippen molar-refractivity contribution in [3.63, 3.8) is 0 Å². The van der Waals surface area contributed by atoms with Crippen LogP contribution in [0.2, 0.25) is 0 Å². The third kappa shape index (κ3) is 4.89. The Bertz CT molecular complexity index is 1580. The molecule has 0 atom stereocenters. The summed E-state index contributed by atoms with van der Waals surface area (Å²) in [7, 11) is 7.48. The number of hydrogen-bond donors (Lipinski definition) is 0. The van der Waals surface area contributed by atoms with E-state index in [2.05, 4.69) is 0 Å². The second-order valence-corrected chi connectivity index (χ2v) is 8.34. The van der Waals surface area contributed by atoms with Gasteiger partial charge in [-0.3, -0.25) is 10.1 Å². The predicted molar refractivity (Wildman–Crippen MR) is 148 cm³/mol. The smallest absolute Gasteiger partial charge is 0.341 e. The molecule has 208 valence electrons. The van der Waals surface area contributed by atoms with Gasteiger partial charge < -0.3 is 28.4 Å². The molecule has 0 aliphatic rings. The van der Waals surface area contributed by atoms with Gasteiger partial charge in [0.05, 0.1) is 69.2 Å². The Kier molecular flexibility index (Phi) is 8.23. The van der Waals surface area contributed by atoms with Gasteiger partial charge in [-0.25, -0.2) is 9.78 Å². The van der Waals surface area contributed by atoms with Crippen LogP contribution in [-0.2, 0) is 4.74 Å². The molecular weight excluding hydrogens is 520 g/mol. The summed E-state index contributed by atoms with van der Waals surface area (Å²) in [5.41, 5.74) is 2.15. The Morgan fingerprint density at radius 1 is 0.800 bits per heavy atom. The Hall–Kier alpha value is -5.06. The van der Waals surface area contributed by atoms with Crippen LogP contribution in [0.4, 0.5) is 5.69 Å². The molecule has 1 aromatic heterocycles. The van der Waals surface area contributed by atoms with Gasteiger partial charge in [-0.05, 0) is 36.8 Å². The van der Waals surface area contributed by atoms with E-state index >= 15 is 0 Å². The van der Waals surface area contributed by atoms with Gasteiger partial charge in [-0.2, -0.15) is 0 Å². The van der Waals surface area contributed by atoms with Crippen molar-refractivity contribution < 1.29 is 38.1 Å². The third-order valence-electron chi connectivity index (χ3n) is 6.28. The zero-order chi connectivity index (χ0) is 29.0. The molecule has 0 fully saturated rings. The van der Waals surface area contributed by atoms with Crippen LogP contribution >= 0.6 is 0 Å². The number of non-ortho nitro benzene ring substituents is 1. The zero-order valence-electron chi connectivity index (χ0n) is 22.9. The highest BCUT2D eigenvalue weighted by molar-refractivity contribution is 6.14. The maximum atomic E-state index is 13.7. The van der Waals surface area contributed by atoms with Crippen LogP contribution in [0.25, 0.3) is 33.3 Å². The molecule has 0 spiro atoms. The van der Waals surface area contributed by atoms with E-state index in [0.717, 1.165) is 0 Å². The number of nitrogens with zero attached hydrogens (tertiary/aromatic N) is 2. The molecule has 0 aliphatic carbocycles. The Morgan fingerprint density at radius 2 is 1.43 bits per heavy atom. The number of nitro groups is 1. The van der Waals surface area contributed by atoms with Crippen molar-refractivity contribution in [2.45, 2.75) is 6.92 Å². The molecule has 0 saturated carbocycles. The zero-order valence-corrected chi connectivity index (χ0v) is 22.9. The number of methoxy groups -OCH3 is 5. The number of carbonyl (C=O) groups excluding carboxylic acids is 1. The average Bonchev–Trinajstić information content (AvgIpc) is 2.98. The molecule has 1 heterocycles. The molecule has 0 bridgehead atoms. The van der Waals surface area contributed by atoms with Gasteiger partial charge in [-0.15, -0.1) is 0 Å². The number of hydrogen-bond acceptors (Lipinski definition) is 10. The number of nitro benzene ring substituents is 1. The van der Waals surface area contributed by atoms with Crippen molar-refractivity contribution >= 4 is 22.6 Å². The van der Waals surface area contributed by atoms with Crippen molar-refractivity contribution in [2.75, 3.05) is 42.2 Å². The molecular formula is C29H28N2O9. The average molecular weight is 549 g/mol. The maximum Gasteiger partial charge on any atom is 0.341 e. The minimum Gasteiger partial charge on any atom is -0.493 e. The Balaban J connectivity index is 2.25. The van der Waals surface area contributed by atoms with Crippen LogP contribution < -0.4 is 23.7 Å². The number of benzene rings is 3. The van der Waals surface area contributed by atoms with E-state index in [0.29, 0.717) is 50.6 Å². The highest BCUT2D eigenvalue weighted by Gasteiger charge is 2.30. The lowest BCUT2D eigenvalue weighted by molar-refractivity contribution is -0.384. The van der Waals surface area contributed by atoms with E-state index in [1.165, 1.54) is 59.8 Å². The van der Waals surface area contributed by atoms with E-state index in [1.54, 1.807) is 31.2 Å². The summed E-state index contributed by atoms with van der Waals surface area (Å²) in [4.78, 5) is 29.3. The quantitative estimate of drug-likeness (QED) is 0.138. The summed E-state index contributed by atoms with van der Waals surface area (Å²) in [5.74, 6) is 1.22. The van der Waals surface area contributed by atoms with Crippen LogP contribution in [0.1, 0.15) is 17.3 Å². The van der Waals surface area contributed by atoms with Crippen molar-refractivity contribution in [1.29, 1.82) is 0 Å². The monoisotopic (exact) mass is 548 g/mol. The van der Waals surface area contributed by atoms with Crippen molar-refractivity contribution in [1.82, 2.24) is 4.98 Å². The lowest BCUT2D eigenvalue weighted by Gasteiger charge is -2.21. The first kappa shape index (κ1) is 28.0. The molecule has 0 amide bonds. The minimum atomic E-state index is -0.646. The lowest BCUT2D eigenvalue weighted by Crippen LogP contribution is -2.11. The highest BCUT2D eigenvalue weighted by Crippen LogP contribution is 2.50. The normalized spacial score (nSPS) is 10.7.